The van der Waals surface area contributed by atoms with Gasteiger partial charge in [-0.1, -0.05) is 29.8 Å². The molecule has 2 unspecified atom stereocenters. The summed E-state index contributed by atoms with van der Waals surface area (Å²) in [4.78, 5) is 10.7. The van der Waals surface area contributed by atoms with Crippen molar-refractivity contribution in [3.63, 3.8) is 0 Å². The summed E-state index contributed by atoms with van der Waals surface area (Å²) in [6, 6.07) is 3.36. The van der Waals surface area contributed by atoms with Crippen LogP contribution in [0.2, 0.25) is 0 Å². The van der Waals surface area contributed by atoms with Crippen LogP contribution in [0, 0.1) is 22.5 Å². The zero-order chi connectivity index (χ0) is 14.4. The third-order valence-corrected chi connectivity index (χ3v) is 4.39. The molecule has 1 saturated carbocycles. The lowest BCUT2D eigenvalue weighted by molar-refractivity contribution is -0.386. The highest BCUT2D eigenvalue weighted by Gasteiger charge is 2.48. The van der Waals surface area contributed by atoms with Crippen LogP contribution in [0.4, 0.5) is 5.69 Å². The minimum Gasteiger partial charge on any atom is -0.483 e. The lowest BCUT2D eigenvalue weighted by Gasteiger charge is -2.49. The van der Waals surface area contributed by atoms with Crippen LogP contribution in [0.5, 0.6) is 5.75 Å². The average Bonchev–Trinajstić information content (AvgIpc) is 2.30. The van der Waals surface area contributed by atoms with E-state index in [0.29, 0.717) is 10.2 Å². The molecule has 1 aromatic carbocycles. The molecule has 0 bridgehead atoms. The molecular weight excluding hydrogens is 312 g/mol. The SMILES string of the molecule is Cc1cc(Br)cc([N+](=O)[O-])c1OC1CC(N)C1(C)C. The highest BCUT2D eigenvalue weighted by Crippen LogP contribution is 2.44. The smallest absolute Gasteiger partial charge is 0.312 e. The van der Waals surface area contributed by atoms with Gasteiger partial charge in [0.2, 0.25) is 0 Å². The van der Waals surface area contributed by atoms with Gasteiger partial charge in [-0.2, -0.15) is 0 Å². The Hall–Kier alpha value is -1.14. The molecule has 0 amide bonds. The number of aryl methyl sites for hydroxylation is 1. The van der Waals surface area contributed by atoms with E-state index in [1.165, 1.54) is 6.07 Å². The molecule has 1 aliphatic rings. The summed E-state index contributed by atoms with van der Waals surface area (Å²) in [5.74, 6) is 0.346. The first-order chi connectivity index (χ1) is 8.73. The van der Waals surface area contributed by atoms with Gasteiger partial charge in [0.25, 0.3) is 0 Å². The van der Waals surface area contributed by atoms with E-state index in [0.717, 1.165) is 12.0 Å². The lowest BCUT2D eigenvalue weighted by atomic mass is 9.65. The van der Waals surface area contributed by atoms with E-state index >= 15 is 0 Å². The van der Waals surface area contributed by atoms with Gasteiger partial charge in [-0.3, -0.25) is 10.1 Å². The average molecular weight is 329 g/mol. The summed E-state index contributed by atoms with van der Waals surface area (Å²) in [6.45, 7) is 5.84. The van der Waals surface area contributed by atoms with E-state index in [2.05, 4.69) is 15.9 Å². The van der Waals surface area contributed by atoms with Crippen LogP contribution in [-0.2, 0) is 0 Å². The standard InChI is InChI=1S/C13H17BrN2O3/c1-7-4-8(14)5-9(16(17)18)12(7)19-11-6-10(15)13(11,2)3/h4-5,10-11H,6,15H2,1-3H3. The number of rotatable bonds is 3. The van der Waals surface area contributed by atoms with Gasteiger partial charge in [0.05, 0.1) is 4.92 Å². The number of hydrogen-bond acceptors (Lipinski definition) is 4. The van der Waals surface area contributed by atoms with E-state index in [-0.39, 0.29) is 23.2 Å². The summed E-state index contributed by atoms with van der Waals surface area (Å²) in [5.41, 5.74) is 6.52. The van der Waals surface area contributed by atoms with E-state index in [4.69, 9.17) is 10.5 Å². The maximum atomic E-state index is 11.1. The number of nitrogens with two attached hydrogens (primary N) is 1. The number of halogens is 1. The molecule has 1 fully saturated rings. The molecule has 2 N–H and O–H groups in total. The first kappa shape index (κ1) is 14.3. The maximum absolute atomic E-state index is 11.1. The van der Waals surface area contributed by atoms with Crippen molar-refractivity contribution in [1.29, 1.82) is 0 Å². The van der Waals surface area contributed by atoms with E-state index in [1.54, 1.807) is 6.92 Å². The molecule has 0 saturated heterocycles. The van der Waals surface area contributed by atoms with Crippen LogP contribution in [0.3, 0.4) is 0 Å². The predicted octanol–water partition coefficient (Wildman–Crippen LogP) is 3.17. The summed E-state index contributed by atoms with van der Waals surface area (Å²) in [6.07, 6.45) is 0.640. The van der Waals surface area contributed by atoms with Crippen molar-refractivity contribution in [3.05, 3.63) is 32.3 Å². The molecule has 0 aliphatic heterocycles. The molecule has 0 aromatic heterocycles. The van der Waals surface area contributed by atoms with E-state index < -0.39 is 4.92 Å². The molecule has 1 aromatic rings. The van der Waals surface area contributed by atoms with Crippen LogP contribution >= 0.6 is 15.9 Å². The van der Waals surface area contributed by atoms with Gasteiger partial charge < -0.3 is 10.5 Å². The number of nitro groups is 1. The van der Waals surface area contributed by atoms with Crippen LogP contribution in [-0.4, -0.2) is 17.1 Å². The van der Waals surface area contributed by atoms with Crippen molar-refractivity contribution >= 4 is 21.6 Å². The normalized spacial score (nSPS) is 24.7. The second-order valence-electron chi connectivity index (χ2n) is 5.60. The Morgan fingerprint density at radius 1 is 1.53 bits per heavy atom. The molecule has 104 valence electrons. The number of nitro benzene ring substituents is 1. The number of hydrogen-bond donors (Lipinski definition) is 1. The van der Waals surface area contributed by atoms with Gasteiger partial charge in [0, 0.05) is 28.4 Å². The van der Waals surface area contributed by atoms with Crippen molar-refractivity contribution in [3.8, 4) is 5.75 Å². The summed E-state index contributed by atoms with van der Waals surface area (Å²) in [5, 5.41) is 11.1. The van der Waals surface area contributed by atoms with E-state index in [1.807, 2.05) is 19.9 Å². The van der Waals surface area contributed by atoms with Gasteiger partial charge in [0.1, 0.15) is 6.10 Å². The monoisotopic (exact) mass is 328 g/mol. The molecular formula is C13H17BrN2O3. The summed E-state index contributed by atoms with van der Waals surface area (Å²) in [7, 11) is 0. The molecule has 2 rings (SSSR count). The van der Waals surface area contributed by atoms with Gasteiger partial charge in [-0.25, -0.2) is 0 Å². The topological polar surface area (TPSA) is 78.4 Å². The second kappa shape index (κ2) is 4.76. The molecule has 0 spiro atoms. The third kappa shape index (κ3) is 2.47. The first-order valence-electron chi connectivity index (χ1n) is 6.10. The Morgan fingerprint density at radius 2 is 2.16 bits per heavy atom. The predicted molar refractivity (Wildman–Crippen MR) is 76.3 cm³/mol. The Labute approximate surface area is 120 Å². The Balaban J connectivity index is 2.33. The van der Waals surface area contributed by atoms with Crippen molar-refractivity contribution in [2.45, 2.75) is 39.3 Å². The maximum Gasteiger partial charge on any atom is 0.312 e. The van der Waals surface area contributed by atoms with Gasteiger partial charge in [0.15, 0.2) is 5.75 Å². The minimum atomic E-state index is -0.418. The number of ether oxygens (including phenoxy) is 1. The van der Waals surface area contributed by atoms with Crippen LogP contribution in [0.25, 0.3) is 0 Å². The minimum absolute atomic E-state index is 0.0110. The molecule has 6 heteroatoms. The van der Waals surface area contributed by atoms with Crippen molar-refractivity contribution in [2.75, 3.05) is 0 Å². The van der Waals surface area contributed by atoms with Gasteiger partial charge in [-0.05, 0) is 18.6 Å². The quantitative estimate of drug-likeness (QED) is 0.682. The summed E-state index contributed by atoms with van der Waals surface area (Å²) >= 11 is 3.26. The Kier molecular flexibility index (Phi) is 3.57. The zero-order valence-corrected chi connectivity index (χ0v) is 12.7. The Morgan fingerprint density at radius 3 is 2.63 bits per heavy atom. The fourth-order valence-electron chi connectivity index (χ4n) is 2.26. The van der Waals surface area contributed by atoms with E-state index in [9.17, 15) is 10.1 Å². The van der Waals surface area contributed by atoms with Gasteiger partial charge in [-0.15, -0.1) is 0 Å². The molecule has 0 radical (unpaired) electrons. The Bertz CT molecular complexity index is 531. The largest absolute Gasteiger partial charge is 0.483 e. The van der Waals surface area contributed by atoms with Gasteiger partial charge >= 0.3 is 5.69 Å². The first-order valence-corrected chi connectivity index (χ1v) is 6.89. The lowest BCUT2D eigenvalue weighted by Crippen LogP contribution is -2.60. The molecule has 5 nitrogen and oxygen atoms in total. The fraction of sp³-hybridized carbons (Fsp3) is 0.538. The summed E-state index contributed by atoms with van der Waals surface area (Å²) < 4.78 is 6.55. The highest BCUT2D eigenvalue weighted by atomic mass is 79.9. The van der Waals surface area contributed by atoms with Crippen LogP contribution < -0.4 is 10.5 Å². The fourth-order valence-corrected chi connectivity index (χ4v) is 2.82. The number of benzene rings is 1. The molecule has 0 heterocycles. The molecule has 2 atom stereocenters. The van der Waals surface area contributed by atoms with Crippen LogP contribution in [0.1, 0.15) is 25.8 Å². The molecule has 19 heavy (non-hydrogen) atoms. The highest BCUT2D eigenvalue weighted by molar-refractivity contribution is 9.10. The second-order valence-corrected chi connectivity index (χ2v) is 6.51. The zero-order valence-electron chi connectivity index (χ0n) is 11.1. The molecule has 1 aliphatic carbocycles. The van der Waals surface area contributed by atoms with Crippen molar-refractivity contribution in [2.24, 2.45) is 11.1 Å². The van der Waals surface area contributed by atoms with Crippen molar-refractivity contribution < 1.29 is 9.66 Å². The number of nitrogens with zero attached hydrogens (tertiary/aromatic N) is 1. The van der Waals surface area contributed by atoms with Crippen molar-refractivity contribution in [1.82, 2.24) is 0 Å². The third-order valence-electron chi connectivity index (χ3n) is 3.93. The van der Waals surface area contributed by atoms with Crippen LogP contribution in [0.15, 0.2) is 16.6 Å².